The minimum Gasteiger partial charge on any atom is -0.449 e. The summed E-state index contributed by atoms with van der Waals surface area (Å²) >= 11 is 0. The van der Waals surface area contributed by atoms with E-state index in [1.807, 2.05) is 12.1 Å². The van der Waals surface area contributed by atoms with E-state index in [9.17, 15) is 26.8 Å². The average Bonchev–Trinajstić information content (AvgIpc) is 3.26. The molecule has 176 valence electrons. The zero-order valence-corrected chi connectivity index (χ0v) is 18.8. The van der Waals surface area contributed by atoms with Gasteiger partial charge < -0.3 is 10.1 Å². The summed E-state index contributed by atoms with van der Waals surface area (Å²) in [7, 11) is -3.93. The molecule has 1 unspecified atom stereocenters. The normalized spacial score (nSPS) is 13.8. The smallest absolute Gasteiger partial charge is 0.338 e. The second kappa shape index (κ2) is 9.22. The number of hydrogen-bond donors (Lipinski definition) is 1. The molecule has 10 heteroatoms. The molecule has 0 saturated heterocycles. The second-order valence-electron chi connectivity index (χ2n) is 7.64. The summed E-state index contributed by atoms with van der Waals surface area (Å²) in [6.07, 6.45) is -0.781. The molecule has 1 heterocycles. The highest BCUT2D eigenvalue weighted by Crippen LogP contribution is 2.32. The van der Waals surface area contributed by atoms with E-state index in [1.54, 1.807) is 12.1 Å². The van der Waals surface area contributed by atoms with Gasteiger partial charge in [-0.3, -0.25) is 9.10 Å². The lowest BCUT2D eigenvalue weighted by molar-refractivity contribution is -0.123. The predicted molar refractivity (Wildman–Crippen MR) is 121 cm³/mol. The topological polar surface area (TPSA) is 92.8 Å². The Bertz CT molecular complexity index is 1380. The molecule has 0 spiro atoms. The third-order valence-corrected chi connectivity index (χ3v) is 7.15. The van der Waals surface area contributed by atoms with Gasteiger partial charge in [0.2, 0.25) is 0 Å². The molecule has 1 atom stereocenters. The Hall–Kier alpha value is -3.79. The molecule has 0 radical (unpaired) electrons. The van der Waals surface area contributed by atoms with E-state index < -0.39 is 45.3 Å². The maximum Gasteiger partial charge on any atom is 0.338 e. The van der Waals surface area contributed by atoms with Crippen molar-refractivity contribution in [3.63, 3.8) is 0 Å². The summed E-state index contributed by atoms with van der Waals surface area (Å²) in [6.45, 7) is 1.54. The minimum absolute atomic E-state index is 0.0786. The van der Waals surface area contributed by atoms with Gasteiger partial charge in [-0.15, -0.1) is 0 Å². The van der Waals surface area contributed by atoms with Gasteiger partial charge in [-0.25, -0.2) is 22.0 Å². The number of para-hydroxylation sites is 1. The number of anilines is 2. The summed E-state index contributed by atoms with van der Waals surface area (Å²) in [4.78, 5) is 24.8. The number of carbonyl (C=O) groups is 2. The molecule has 3 aromatic rings. The van der Waals surface area contributed by atoms with Crippen molar-refractivity contribution in [2.45, 2.75) is 24.3 Å². The van der Waals surface area contributed by atoms with E-state index >= 15 is 0 Å². The first-order valence-corrected chi connectivity index (χ1v) is 11.8. The Morgan fingerprint density at radius 3 is 2.59 bits per heavy atom. The maximum atomic E-state index is 13.7. The van der Waals surface area contributed by atoms with Crippen LogP contribution < -0.4 is 9.62 Å². The fraction of sp³-hybridized carbons (Fsp3) is 0.167. The van der Waals surface area contributed by atoms with Gasteiger partial charge in [-0.2, -0.15) is 0 Å². The van der Waals surface area contributed by atoms with E-state index in [2.05, 4.69) is 5.32 Å². The van der Waals surface area contributed by atoms with Crippen LogP contribution >= 0.6 is 0 Å². The second-order valence-corrected chi connectivity index (χ2v) is 9.51. The van der Waals surface area contributed by atoms with E-state index in [0.717, 1.165) is 23.8 Å². The molecule has 3 aromatic carbocycles. The predicted octanol–water partition coefficient (Wildman–Crippen LogP) is 3.90. The van der Waals surface area contributed by atoms with Crippen LogP contribution in [0.2, 0.25) is 0 Å². The monoisotopic (exact) mass is 486 g/mol. The summed E-state index contributed by atoms with van der Waals surface area (Å²) in [5.41, 5.74) is 1.03. The molecule has 1 aliphatic rings. The standard InChI is InChI=1S/C24H20F2N2O5S/c1-15(23(29)27-21-14-18(25)9-10-20(21)26)33-24(30)17-6-4-7-19(13-17)34(31,32)28-12-11-16-5-2-3-8-22(16)28/h2-10,13-15H,11-12H2,1H3,(H,27,29). The number of halogens is 2. The fourth-order valence-electron chi connectivity index (χ4n) is 3.58. The fourth-order valence-corrected chi connectivity index (χ4v) is 5.13. The molecular weight excluding hydrogens is 466 g/mol. The van der Waals surface area contributed by atoms with Crippen molar-refractivity contribution in [3.8, 4) is 0 Å². The van der Waals surface area contributed by atoms with Crippen LogP contribution in [0.25, 0.3) is 0 Å². The summed E-state index contributed by atoms with van der Waals surface area (Å²) < 4.78 is 59.9. The SMILES string of the molecule is CC(OC(=O)c1cccc(S(=O)(=O)N2CCc3ccccc32)c1)C(=O)Nc1cc(F)ccc1F. The average molecular weight is 486 g/mol. The zero-order valence-electron chi connectivity index (χ0n) is 18.0. The molecule has 34 heavy (non-hydrogen) atoms. The molecule has 0 fully saturated rings. The number of fused-ring (bicyclic) bond motifs is 1. The molecule has 1 N–H and O–H groups in total. The molecule has 1 amide bonds. The van der Waals surface area contributed by atoms with Gasteiger partial charge in [0.05, 0.1) is 21.8 Å². The van der Waals surface area contributed by atoms with Crippen LogP contribution in [0.4, 0.5) is 20.2 Å². The number of carbonyl (C=O) groups excluding carboxylic acids is 2. The summed E-state index contributed by atoms with van der Waals surface area (Å²) in [6, 6.07) is 15.0. The Labute approximate surface area is 195 Å². The van der Waals surface area contributed by atoms with Crippen molar-refractivity contribution in [3.05, 3.63) is 89.5 Å². The Kier molecular flexibility index (Phi) is 6.34. The maximum absolute atomic E-state index is 13.7. The number of benzene rings is 3. The highest BCUT2D eigenvalue weighted by atomic mass is 32.2. The minimum atomic E-state index is -3.93. The summed E-state index contributed by atoms with van der Waals surface area (Å²) in [5.74, 6) is -3.42. The van der Waals surface area contributed by atoms with Crippen LogP contribution in [-0.4, -0.2) is 32.9 Å². The first-order valence-electron chi connectivity index (χ1n) is 10.3. The number of nitrogens with zero attached hydrogens (tertiary/aromatic N) is 1. The van der Waals surface area contributed by atoms with Crippen molar-refractivity contribution < 1.29 is 31.5 Å². The van der Waals surface area contributed by atoms with Crippen molar-refractivity contribution >= 4 is 33.3 Å². The number of hydrogen-bond acceptors (Lipinski definition) is 5. The van der Waals surface area contributed by atoms with Crippen LogP contribution in [0, 0.1) is 11.6 Å². The van der Waals surface area contributed by atoms with Gasteiger partial charge in [0.15, 0.2) is 6.10 Å². The summed E-state index contributed by atoms with van der Waals surface area (Å²) in [5, 5.41) is 2.16. The molecule has 1 aliphatic heterocycles. The molecule has 4 rings (SSSR count). The van der Waals surface area contributed by atoms with Crippen LogP contribution in [-0.2, 0) is 26.0 Å². The van der Waals surface area contributed by atoms with Gasteiger partial charge in [0.1, 0.15) is 11.6 Å². The van der Waals surface area contributed by atoms with Crippen molar-refractivity contribution in [2.75, 3.05) is 16.2 Å². The highest BCUT2D eigenvalue weighted by Gasteiger charge is 2.31. The number of esters is 1. The van der Waals surface area contributed by atoms with E-state index in [4.69, 9.17) is 4.74 Å². The van der Waals surface area contributed by atoms with Crippen molar-refractivity contribution in [1.29, 1.82) is 0 Å². The van der Waals surface area contributed by atoms with Crippen LogP contribution in [0.15, 0.2) is 71.6 Å². The van der Waals surface area contributed by atoms with Crippen molar-refractivity contribution in [2.24, 2.45) is 0 Å². The van der Waals surface area contributed by atoms with Crippen LogP contribution in [0.3, 0.4) is 0 Å². The number of sulfonamides is 1. The molecule has 7 nitrogen and oxygen atoms in total. The molecular formula is C24H20F2N2O5S. The molecule has 0 bridgehead atoms. The molecule has 0 aliphatic carbocycles. The Morgan fingerprint density at radius 1 is 1.03 bits per heavy atom. The lowest BCUT2D eigenvalue weighted by Crippen LogP contribution is -2.31. The molecule has 0 aromatic heterocycles. The van der Waals surface area contributed by atoms with Gasteiger partial charge in [0, 0.05) is 12.6 Å². The zero-order chi connectivity index (χ0) is 24.5. The lowest BCUT2D eigenvalue weighted by Gasteiger charge is -2.20. The van der Waals surface area contributed by atoms with E-state index in [0.29, 0.717) is 12.1 Å². The highest BCUT2D eigenvalue weighted by molar-refractivity contribution is 7.92. The lowest BCUT2D eigenvalue weighted by atomic mass is 10.2. The van der Waals surface area contributed by atoms with Gasteiger partial charge >= 0.3 is 5.97 Å². The quantitative estimate of drug-likeness (QED) is 0.534. The van der Waals surface area contributed by atoms with Gasteiger partial charge in [-0.1, -0.05) is 24.3 Å². The number of nitrogens with one attached hydrogen (secondary N) is 1. The van der Waals surface area contributed by atoms with Crippen LogP contribution in [0.5, 0.6) is 0 Å². The molecule has 0 saturated carbocycles. The third-order valence-electron chi connectivity index (χ3n) is 5.34. The number of amides is 1. The van der Waals surface area contributed by atoms with Gasteiger partial charge in [-0.05, 0) is 55.3 Å². The number of rotatable bonds is 6. The Balaban J connectivity index is 1.49. The van der Waals surface area contributed by atoms with Gasteiger partial charge in [0.25, 0.3) is 15.9 Å². The van der Waals surface area contributed by atoms with Crippen LogP contribution in [0.1, 0.15) is 22.8 Å². The van der Waals surface area contributed by atoms with Crippen molar-refractivity contribution in [1.82, 2.24) is 0 Å². The Morgan fingerprint density at radius 2 is 1.79 bits per heavy atom. The van der Waals surface area contributed by atoms with E-state index in [-0.39, 0.29) is 17.0 Å². The number of ether oxygens (including phenoxy) is 1. The first-order chi connectivity index (χ1) is 16.2. The largest absolute Gasteiger partial charge is 0.449 e. The van der Waals surface area contributed by atoms with E-state index in [1.165, 1.54) is 35.5 Å². The first kappa shape index (κ1) is 23.4. The third kappa shape index (κ3) is 4.62.